The van der Waals surface area contributed by atoms with Crippen LogP contribution in [0.1, 0.15) is 11.1 Å². The smallest absolute Gasteiger partial charge is 0.00264 e. The standard InChI is InChI=1S/C21H14/c1-5-15-8-3-11-18(15)21-16(9-1)13-20-17-10-2-6-14(17)7-4-12-19(20)21/h1-5,7-13H,6H2. The Morgan fingerprint density at radius 2 is 1.43 bits per heavy atom. The van der Waals surface area contributed by atoms with E-state index >= 15 is 0 Å². The first kappa shape index (κ1) is 11.1. The minimum atomic E-state index is 1.06. The molecule has 21 heavy (non-hydrogen) atoms. The second-order valence-corrected chi connectivity index (χ2v) is 5.79. The molecule has 5 rings (SSSR count). The molecule has 0 radical (unpaired) electrons. The summed E-state index contributed by atoms with van der Waals surface area (Å²) < 4.78 is 0. The third-order valence-electron chi connectivity index (χ3n) is 4.64. The van der Waals surface area contributed by atoms with Gasteiger partial charge in [-0.05, 0) is 55.9 Å². The monoisotopic (exact) mass is 266 g/mol. The summed E-state index contributed by atoms with van der Waals surface area (Å²) in [6.07, 6.45) is 5.60. The summed E-state index contributed by atoms with van der Waals surface area (Å²) in [6.45, 7) is 0. The molecule has 0 fully saturated rings. The van der Waals surface area contributed by atoms with Gasteiger partial charge in [-0.3, -0.25) is 0 Å². The van der Waals surface area contributed by atoms with Crippen LogP contribution in [0.3, 0.4) is 0 Å². The maximum absolute atomic E-state index is 2.35. The molecule has 0 amide bonds. The van der Waals surface area contributed by atoms with Crippen molar-refractivity contribution in [3.05, 3.63) is 77.9 Å². The molecular weight excluding hydrogens is 252 g/mol. The lowest BCUT2D eigenvalue weighted by Crippen LogP contribution is -1.74. The zero-order chi connectivity index (χ0) is 13.8. The Kier molecular flexibility index (Phi) is 2.09. The molecular formula is C21H14. The van der Waals surface area contributed by atoms with Gasteiger partial charge in [0.25, 0.3) is 0 Å². The van der Waals surface area contributed by atoms with Crippen molar-refractivity contribution in [2.45, 2.75) is 6.42 Å². The average Bonchev–Trinajstić information content (AvgIpc) is 3.15. The Hall–Kier alpha value is -2.60. The van der Waals surface area contributed by atoms with Crippen LogP contribution in [-0.2, 0) is 6.42 Å². The van der Waals surface area contributed by atoms with Crippen LogP contribution >= 0.6 is 0 Å². The van der Waals surface area contributed by atoms with Crippen molar-refractivity contribution in [2.75, 3.05) is 0 Å². The lowest BCUT2D eigenvalue weighted by atomic mass is 10.1. The molecule has 0 heterocycles. The van der Waals surface area contributed by atoms with E-state index < -0.39 is 0 Å². The van der Waals surface area contributed by atoms with E-state index in [2.05, 4.69) is 72.8 Å². The highest BCUT2D eigenvalue weighted by molar-refractivity contribution is 6.23. The number of allylic oxidation sites excluding steroid dienone is 1. The Morgan fingerprint density at radius 1 is 0.667 bits per heavy atom. The van der Waals surface area contributed by atoms with Crippen molar-refractivity contribution >= 4 is 38.4 Å². The van der Waals surface area contributed by atoms with E-state index in [1.54, 1.807) is 0 Å². The first-order valence-corrected chi connectivity index (χ1v) is 7.44. The van der Waals surface area contributed by atoms with Crippen molar-refractivity contribution in [1.29, 1.82) is 0 Å². The topological polar surface area (TPSA) is 0 Å². The van der Waals surface area contributed by atoms with E-state index in [0.29, 0.717) is 0 Å². The number of fused-ring (bicyclic) bond motifs is 7. The molecule has 0 aromatic heterocycles. The zero-order valence-electron chi connectivity index (χ0n) is 11.6. The largest absolute Gasteiger partial charge is 0.0795 e. The molecule has 0 atom stereocenters. The van der Waals surface area contributed by atoms with Gasteiger partial charge in [0.05, 0.1) is 0 Å². The van der Waals surface area contributed by atoms with Crippen LogP contribution in [0.4, 0.5) is 0 Å². The van der Waals surface area contributed by atoms with Crippen molar-refractivity contribution in [1.82, 2.24) is 0 Å². The van der Waals surface area contributed by atoms with Crippen molar-refractivity contribution in [2.24, 2.45) is 0 Å². The van der Waals surface area contributed by atoms with Crippen molar-refractivity contribution in [3.63, 3.8) is 0 Å². The molecule has 4 aromatic rings. The summed E-state index contributed by atoms with van der Waals surface area (Å²) >= 11 is 0. The van der Waals surface area contributed by atoms with E-state index in [1.165, 1.54) is 43.4 Å². The number of rotatable bonds is 0. The first-order valence-electron chi connectivity index (χ1n) is 7.44. The molecule has 0 spiro atoms. The average molecular weight is 266 g/mol. The summed E-state index contributed by atoms with van der Waals surface area (Å²) in [5, 5.41) is 8.13. The second-order valence-electron chi connectivity index (χ2n) is 5.79. The molecule has 0 saturated heterocycles. The van der Waals surface area contributed by atoms with Gasteiger partial charge in [-0.2, -0.15) is 0 Å². The maximum Gasteiger partial charge on any atom is -0.00264 e. The minimum Gasteiger partial charge on any atom is -0.0795 e. The highest BCUT2D eigenvalue weighted by Gasteiger charge is 2.12. The van der Waals surface area contributed by atoms with E-state index in [1.807, 2.05) is 0 Å². The highest BCUT2D eigenvalue weighted by Crippen LogP contribution is 2.37. The summed E-state index contributed by atoms with van der Waals surface area (Å²) in [5.74, 6) is 0. The Bertz CT molecular complexity index is 1050. The lowest BCUT2D eigenvalue weighted by molar-refractivity contribution is 1.33. The summed E-state index contributed by atoms with van der Waals surface area (Å²) in [4.78, 5) is 0. The van der Waals surface area contributed by atoms with Gasteiger partial charge in [0.2, 0.25) is 0 Å². The van der Waals surface area contributed by atoms with Gasteiger partial charge < -0.3 is 0 Å². The number of hydrogen-bond donors (Lipinski definition) is 0. The van der Waals surface area contributed by atoms with Crippen LogP contribution in [0.2, 0.25) is 0 Å². The van der Waals surface area contributed by atoms with E-state index in [0.717, 1.165) is 6.42 Å². The molecule has 1 aliphatic rings. The van der Waals surface area contributed by atoms with Crippen LogP contribution in [0, 0.1) is 0 Å². The van der Waals surface area contributed by atoms with E-state index in [4.69, 9.17) is 0 Å². The van der Waals surface area contributed by atoms with E-state index in [-0.39, 0.29) is 0 Å². The highest BCUT2D eigenvalue weighted by atomic mass is 14.2. The zero-order valence-corrected chi connectivity index (χ0v) is 11.6. The fraction of sp³-hybridized carbons (Fsp3) is 0.0476. The Balaban J connectivity index is 2.14. The summed E-state index contributed by atoms with van der Waals surface area (Å²) in [7, 11) is 0. The van der Waals surface area contributed by atoms with Gasteiger partial charge in [-0.15, -0.1) is 0 Å². The maximum atomic E-state index is 2.35. The predicted molar refractivity (Wildman–Crippen MR) is 91.7 cm³/mol. The van der Waals surface area contributed by atoms with Gasteiger partial charge in [0.15, 0.2) is 0 Å². The molecule has 1 aliphatic carbocycles. The molecule has 0 N–H and O–H groups in total. The predicted octanol–water partition coefficient (Wildman–Crippen LogP) is 5.72. The molecule has 0 aliphatic heterocycles. The fourth-order valence-electron chi connectivity index (χ4n) is 3.69. The van der Waals surface area contributed by atoms with Crippen molar-refractivity contribution in [3.8, 4) is 0 Å². The molecule has 0 unspecified atom stereocenters. The number of hydrogen-bond acceptors (Lipinski definition) is 0. The molecule has 98 valence electrons. The van der Waals surface area contributed by atoms with Gasteiger partial charge in [0, 0.05) is 0 Å². The summed E-state index contributed by atoms with van der Waals surface area (Å²) in [5.41, 5.74) is 2.83. The van der Waals surface area contributed by atoms with Gasteiger partial charge in [0.1, 0.15) is 0 Å². The van der Waals surface area contributed by atoms with Crippen LogP contribution in [0.15, 0.2) is 66.7 Å². The Labute approximate surface area is 123 Å². The van der Waals surface area contributed by atoms with Gasteiger partial charge in [-0.1, -0.05) is 66.7 Å². The second kappa shape index (κ2) is 3.95. The Morgan fingerprint density at radius 3 is 2.38 bits per heavy atom. The van der Waals surface area contributed by atoms with Gasteiger partial charge >= 0.3 is 0 Å². The van der Waals surface area contributed by atoms with Gasteiger partial charge in [-0.25, -0.2) is 0 Å². The van der Waals surface area contributed by atoms with Crippen LogP contribution in [-0.4, -0.2) is 0 Å². The summed E-state index contributed by atoms with van der Waals surface area (Å²) in [6, 6.07) is 22.3. The molecule has 0 nitrogen and oxygen atoms in total. The third kappa shape index (κ3) is 1.45. The third-order valence-corrected chi connectivity index (χ3v) is 4.64. The molecule has 4 aromatic carbocycles. The fourth-order valence-corrected chi connectivity index (χ4v) is 3.69. The SMILES string of the molecule is C1=Cc2c(cccc3c2cc2cccc4cccc4c23)C1. The normalized spacial score (nSPS) is 13.3. The molecule has 0 saturated carbocycles. The molecule has 0 heteroatoms. The molecule has 0 bridgehead atoms. The first-order chi connectivity index (χ1) is 10.4. The van der Waals surface area contributed by atoms with Crippen LogP contribution < -0.4 is 0 Å². The lowest BCUT2D eigenvalue weighted by Gasteiger charge is -1.93. The quantitative estimate of drug-likeness (QED) is 0.382. The van der Waals surface area contributed by atoms with Crippen LogP contribution in [0.5, 0.6) is 0 Å². The van der Waals surface area contributed by atoms with Crippen LogP contribution in [0.25, 0.3) is 38.4 Å². The minimum absolute atomic E-state index is 1.06. The van der Waals surface area contributed by atoms with Crippen molar-refractivity contribution < 1.29 is 0 Å². The van der Waals surface area contributed by atoms with E-state index in [9.17, 15) is 0 Å².